The average molecular weight is 581 g/mol. The number of aliphatic hydroxyl groups excluding tert-OH is 2. The van der Waals surface area contributed by atoms with Gasteiger partial charge in [-0.05, 0) is 30.9 Å². The number of nitrogens with one attached hydrogen (secondary N) is 1. The minimum Gasteiger partial charge on any atom is -0.480 e. The Bertz CT molecular complexity index is 981. The normalized spacial score (nSPS) is 10.5. The zero-order valence-corrected chi connectivity index (χ0v) is 25.3. The van der Waals surface area contributed by atoms with E-state index in [1.165, 1.54) is 9.80 Å². The monoisotopic (exact) mass is 580 g/mol. The summed E-state index contributed by atoms with van der Waals surface area (Å²) in [5.41, 5.74) is 1.34. The Morgan fingerprint density at radius 3 is 1.88 bits per heavy atom. The number of carboxylic acid groups (broad SMARTS) is 1. The van der Waals surface area contributed by atoms with Gasteiger partial charge in [-0.25, -0.2) is 0 Å². The molecule has 4 N–H and O–H groups in total. The molecule has 0 saturated carbocycles. The van der Waals surface area contributed by atoms with Gasteiger partial charge in [0.1, 0.15) is 13.1 Å². The third-order valence-electron chi connectivity index (χ3n) is 5.28. The number of aryl methyl sites for hydroxylation is 1. The molecule has 12 heteroatoms. The van der Waals surface area contributed by atoms with Crippen molar-refractivity contribution in [2.24, 2.45) is 11.8 Å². The molecule has 1 aromatic carbocycles. The molecule has 0 spiro atoms. The Morgan fingerprint density at radius 2 is 1.37 bits per heavy atom. The highest BCUT2D eigenvalue weighted by Crippen LogP contribution is 2.11. The third kappa shape index (κ3) is 17.0. The summed E-state index contributed by atoms with van der Waals surface area (Å²) in [6, 6.07) is 7.01. The van der Waals surface area contributed by atoms with E-state index >= 15 is 0 Å². The SMILES string of the molecule is CC(C)C.Cc1cccc(C(=O)N(CC(=O)N(CCO)CC(=O)N(CCO)CCC(=O)NCC(=O)O)CC(C)C)c1. The van der Waals surface area contributed by atoms with Gasteiger partial charge in [0.15, 0.2) is 0 Å². The van der Waals surface area contributed by atoms with Crippen molar-refractivity contribution in [2.75, 3.05) is 59.0 Å². The molecule has 0 bridgehead atoms. The Labute approximate surface area is 243 Å². The lowest BCUT2D eigenvalue weighted by atomic mass is 10.1. The number of hydrogen-bond donors (Lipinski definition) is 4. The molecule has 0 fully saturated rings. The van der Waals surface area contributed by atoms with Gasteiger partial charge < -0.3 is 35.3 Å². The second-order valence-corrected chi connectivity index (χ2v) is 10.7. The molecule has 0 radical (unpaired) electrons. The van der Waals surface area contributed by atoms with E-state index in [2.05, 4.69) is 26.1 Å². The molecule has 1 aromatic rings. The van der Waals surface area contributed by atoms with Gasteiger partial charge in [0, 0.05) is 38.2 Å². The summed E-state index contributed by atoms with van der Waals surface area (Å²) in [6.07, 6.45) is -0.194. The first-order chi connectivity index (χ1) is 19.2. The molecule has 41 heavy (non-hydrogen) atoms. The van der Waals surface area contributed by atoms with Crippen LogP contribution in [0.15, 0.2) is 24.3 Å². The van der Waals surface area contributed by atoms with Crippen molar-refractivity contribution >= 4 is 29.6 Å². The Hall–Kier alpha value is -3.51. The molecule has 0 aliphatic carbocycles. The lowest BCUT2D eigenvalue weighted by molar-refractivity contribution is -0.142. The summed E-state index contributed by atoms with van der Waals surface area (Å²) in [4.78, 5) is 65.3. The third-order valence-corrected chi connectivity index (χ3v) is 5.28. The van der Waals surface area contributed by atoms with Crippen molar-refractivity contribution in [1.29, 1.82) is 0 Å². The second-order valence-electron chi connectivity index (χ2n) is 10.7. The number of carboxylic acids is 1. The van der Waals surface area contributed by atoms with E-state index in [0.717, 1.165) is 16.4 Å². The van der Waals surface area contributed by atoms with E-state index in [-0.39, 0.29) is 51.0 Å². The van der Waals surface area contributed by atoms with Crippen molar-refractivity contribution < 1.29 is 39.3 Å². The first-order valence-corrected chi connectivity index (χ1v) is 13.8. The van der Waals surface area contributed by atoms with Crippen LogP contribution in [0.5, 0.6) is 0 Å². The van der Waals surface area contributed by atoms with Gasteiger partial charge in [0.05, 0.1) is 19.8 Å². The number of hydrogen-bond acceptors (Lipinski definition) is 7. The molecule has 0 aliphatic rings. The average Bonchev–Trinajstić information content (AvgIpc) is 2.88. The number of carbonyl (C=O) groups excluding carboxylic acids is 4. The highest BCUT2D eigenvalue weighted by atomic mass is 16.4. The zero-order valence-electron chi connectivity index (χ0n) is 25.3. The van der Waals surface area contributed by atoms with E-state index < -0.39 is 43.4 Å². The van der Waals surface area contributed by atoms with E-state index in [0.29, 0.717) is 12.1 Å². The highest BCUT2D eigenvalue weighted by Gasteiger charge is 2.26. The lowest BCUT2D eigenvalue weighted by Gasteiger charge is -2.30. The second kappa shape index (κ2) is 20.4. The smallest absolute Gasteiger partial charge is 0.322 e. The predicted octanol–water partition coefficient (Wildman–Crippen LogP) is 0.988. The molecule has 0 atom stereocenters. The van der Waals surface area contributed by atoms with Crippen LogP contribution in [0.1, 0.15) is 57.0 Å². The highest BCUT2D eigenvalue weighted by molar-refractivity contribution is 5.97. The van der Waals surface area contributed by atoms with Crippen LogP contribution in [0.4, 0.5) is 0 Å². The van der Waals surface area contributed by atoms with E-state index in [9.17, 15) is 34.2 Å². The topological polar surface area (TPSA) is 168 Å². The van der Waals surface area contributed by atoms with Crippen molar-refractivity contribution in [2.45, 2.75) is 48.0 Å². The molecule has 4 amide bonds. The van der Waals surface area contributed by atoms with Crippen LogP contribution < -0.4 is 5.32 Å². The summed E-state index contributed by atoms with van der Waals surface area (Å²) in [7, 11) is 0. The number of aliphatic carboxylic acids is 1. The van der Waals surface area contributed by atoms with Gasteiger partial charge in [-0.2, -0.15) is 0 Å². The summed E-state index contributed by atoms with van der Waals surface area (Å²) in [5.74, 6) is -2.31. The fourth-order valence-corrected chi connectivity index (χ4v) is 3.54. The van der Waals surface area contributed by atoms with Gasteiger partial charge in [0.25, 0.3) is 5.91 Å². The summed E-state index contributed by atoms with van der Waals surface area (Å²) in [6.45, 7) is 10.1. The maximum absolute atomic E-state index is 13.1. The van der Waals surface area contributed by atoms with E-state index in [1.54, 1.807) is 18.2 Å². The molecule has 232 valence electrons. The number of carbonyl (C=O) groups is 5. The molecule has 0 heterocycles. The van der Waals surface area contributed by atoms with Crippen molar-refractivity contribution in [3.8, 4) is 0 Å². The molecule has 12 nitrogen and oxygen atoms in total. The molecule has 0 unspecified atom stereocenters. The van der Waals surface area contributed by atoms with Crippen LogP contribution in [0, 0.1) is 18.8 Å². The van der Waals surface area contributed by atoms with E-state index in [1.807, 2.05) is 26.8 Å². The van der Waals surface area contributed by atoms with E-state index in [4.69, 9.17) is 5.11 Å². The number of nitrogens with zero attached hydrogens (tertiary/aromatic N) is 3. The van der Waals surface area contributed by atoms with Crippen molar-refractivity contribution in [3.05, 3.63) is 35.4 Å². The minimum atomic E-state index is -1.21. The Kier molecular flexibility index (Phi) is 18.6. The maximum Gasteiger partial charge on any atom is 0.322 e. The van der Waals surface area contributed by atoms with Gasteiger partial charge >= 0.3 is 5.97 Å². The number of rotatable bonds is 16. The van der Waals surface area contributed by atoms with Gasteiger partial charge in [-0.15, -0.1) is 0 Å². The van der Waals surface area contributed by atoms with Crippen LogP contribution in [-0.4, -0.2) is 119 Å². The Balaban J connectivity index is 0.00000373. The maximum atomic E-state index is 13.1. The summed E-state index contributed by atoms with van der Waals surface area (Å²) < 4.78 is 0. The molecule has 0 saturated heterocycles. The summed E-state index contributed by atoms with van der Waals surface area (Å²) >= 11 is 0. The molecule has 1 rings (SSSR count). The van der Waals surface area contributed by atoms with Crippen LogP contribution >= 0.6 is 0 Å². The van der Waals surface area contributed by atoms with Gasteiger partial charge in [0.2, 0.25) is 17.7 Å². The standard InChI is InChI=1S/C25H38N4O8.C4H10/c1-18(2)15-29(25(37)20-6-4-5-19(3)13-20)17-23(34)28(10-12-31)16-22(33)27(9-11-30)8-7-21(32)26-14-24(35)36;1-4(2)3/h4-6,13,18,30-31H,7-12,14-17H2,1-3H3,(H,26,32)(H,35,36);4H,1-3H3. The molecular weight excluding hydrogens is 532 g/mol. The van der Waals surface area contributed by atoms with Crippen molar-refractivity contribution in [1.82, 2.24) is 20.0 Å². The number of benzene rings is 1. The Morgan fingerprint density at radius 1 is 0.829 bits per heavy atom. The minimum absolute atomic E-state index is 0.0711. The molecule has 0 aliphatic heterocycles. The molecule has 0 aromatic heterocycles. The fraction of sp³-hybridized carbons (Fsp3) is 0.621. The van der Waals surface area contributed by atoms with Crippen LogP contribution in [0.3, 0.4) is 0 Å². The number of amides is 4. The van der Waals surface area contributed by atoms with Crippen LogP contribution in [0.2, 0.25) is 0 Å². The quantitative estimate of drug-likeness (QED) is 0.224. The number of aliphatic hydroxyl groups is 2. The van der Waals surface area contributed by atoms with Crippen LogP contribution in [0.25, 0.3) is 0 Å². The summed E-state index contributed by atoms with van der Waals surface area (Å²) in [5, 5.41) is 29.6. The lowest BCUT2D eigenvalue weighted by Crippen LogP contribution is -2.49. The van der Waals surface area contributed by atoms with Gasteiger partial charge in [-0.1, -0.05) is 52.3 Å². The van der Waals surface area contributed by atoms with Crippen LogP contribution in [-0.2, 0) is 19.2 Å². The first-order valence-electron chi connectivity index (χ1n) is 13.8. The first kappa shape index (κ1) is 37.5. The largest absolute Gasteiger partial charge is 0.480 e. The van der Waals surface area contributed by atoms with Gasteiger partial charge in [-0.3, -0.25) is 24.0 Å². The molecular formula is C29H48N4O8. The zero-order chi connectivity index (χ0) is 31.5. The predicted molar refractivity (Wildman–Crippen MR) is 155 cm³/mol. The van der Waals surface area contributed by atoms with Crippen molar-refractivity contribution in [3.63, 3.8) is 0 Å². The fourth-order valence-electron chi connectivity index (χ4n) is 3.54.